The fourth-order valence-corrected chi connectivity index (χ4v) is 3.36. The fourth-order valence-electron chi connectivity index (χ4n) is 3.19. The van der Waals surface area contributed by atoms with Crippen LogP contribution >= 0.6 is 11.6 Å². The molecule has 0 aromatic heterocycles. The first-order valence-electron chi connectivity index (χ1n) is 9.02. The van der Waals surface area contributed by atoms with E-state index in [1.54, 1.807) is 36.4 Å². The van der Waals surface area contributed by atoms with E-state index in [1.807, 2.05) is 17.9 Å². The Kier molecular flexibility index (Phi) is 5.94. The number of hydrogen-bond donors (Lipinski definition) is 1. The van der Waals surface area contributed by atoms with Crippen molar-refractivity contribution in [2.24, 2.45) is 0 Å². The molecule has 3 rings (SSSR count). The van der Waals surface area contributed by atoms with Crippen LogP contribution in [0.4, 0.5) is 5.69 Å². The van der Waals surface area contributed by atoms with Crippen LogP contribution in [0.3, 0.4) is 0 Å². The second-order valence-electron chi connectivity index (χ2n) is 6.65. The van der Waals surface area contributed by atoms with Gasteiger partial charge in [0.15, 0.2) is 0 Å². The highest BCUT2D eigenvalue weighted by atomic mass is 35.5. The van der Waals surface area contributed by atoms with Crippen molar-refractivity contribution in [2.45, 2.75) is 32.6 Å². The van der Waals surface area contributed by atoms with Gasteiger partial charge in [0.05, 0.1) is 0 Å². The minimum Gasteiger partial charge on any atom is -0.339 e. The van der Waals surface area contributed by atoms with E-state index in [4.69, 9.17) is 11.6 Å². The highest BCUT2D eigenvalue weighted by Gasteiger charge is 2.18. The zero-order valence-corrected chi connectivity index (χ0v) is 15.7. The van der Waals surface area contributed by atoms with Gasteiger partial charge in [0.25, 0.3) is 11.8 Å². The highest BCUT2D eigenvalue weighted by molar-refractivity contribution is 6.31. The Bertz CT molecular complexity index is 811. The maximum atomic E-state index is 12.8. The summed E-state index contributed by atoms with van der Waals surface area (Å²) in [4.78, 5) is 27.3. The molecule has 136 valence electrons. The maximum absolute atomic E-state index is 12.8. The number of halogens is 1. The number of nitrogens with one attached hydrogen (secondary N) is 1. The lowest BCUT2D eigenvalue weighted by Crippen LogP contribution is -2.32. The molecule has 1 aliphatic rings. The lowest BCUT2D eigenvalue weighted by Gasteiger charge is -2.20. The molecule has 0 unspecified atom stereocenters. The van der Waals surface area contributed by atoms with Crippen LogP contribution in [-0.2, 0) is 0 Å². The molecule has 2 aromatic rings. The van der Waals surface area contributed by atoms with E-state index in [2.05, 4.69) is 5.32 Å². The van der Waals surface area contributed by atoms with Crippen molar-refractivity contribution < 1.29 is 9.59 Å². The Balaban J connectivity index is 1.76. The van der Waals surface area contributed by atoms with E-state index in [0.29, 0.717) is 21.8 Å². The number of carbonyl (C=O) groups excluding carboxylic acids is 2. The van der Waals surface area contributed by atoms with Crippen molar-refractivity contribution in [1.29, 1.82) is 0 Å². The summed E-state index contributed by atoms with van der Waals surface area (Å²) in [5.74, 6) is -0.249. The van der Waals surface area contributed by atoms with E-state index in [0.717, 1.165) is 31.5 Å². The van der Waals surface area contributed by atoms with Crippen LogP contribution in [-0.4, -0.2) is 29.8 Å². The van der Waals surface area contributed by atoms with Gasteiger partial charge in [0, 0.05) is 34.9 Å². The molecule has 4 nitrogen and oxygen atoms in total. The number of hydrogen-bond acceptors (Lipinski definition) is 2. The first-order valence-corrected chi connectivity index (χ1v) is 9.40. The highest BCUT2D eigenvalue weighted by Crippen LogP contribution is 2.23. The largest absolute Gasteiger partial charge is 0.339 e. The Morgan fingerprint density at radius 1 is 0.962 bits per heavy atom. The average Bonchev–Trinajstić information content (AvgIpc) is 2.94. The van der Waals surface area contributed by atoms with E-state index in [9.17, 15) is 9.59 Å². The van der Waals surface area contributed by atoms with Crippen molar-refractivity contribution in [2.75, 3.05) is 18.4 Å². The Hall–Kier alpha value is -2.33. The molecule has 1 aliphatic heterocycles. The fraction of sp³-hybridized carbons (Fsp3) is 0.333. The monoisotopic (exact) mass is 370 g/mol. The Morgan fingerprint density at radius 3 is 2.35 bits per heavy atom. The molecule has 0 bridgehead atoms. The maximum Gasteiger partial charge on any atom is 0.255 e. The lowest BCUT2D eigenvalue weighted by atomic mass is 10.1. The molecular weight excluding hydrogens is 348 g/mol. The molecule has 0 saturated carbocycles. The van der Waals surface area contributed by atoms with Gasteiger partial charge < -0.3 is 10.2 Å². The molecule has 0 atom stereocenters. The number of carbonyl (C=O) groups is 2. The summed E-state index contributed by atoms with van der Waals surface area (Å²) in [7, 11) is 0. The molecular formula is C21H23ClN2O2. The Labute approximate surface area is 159 Å². The quantitative estimate of drug-likeness (QED) is 0.833. The van der Waals surface area contributed by atoms with Gasteiger partial charge in [-0.15, -0.1) is 0 Å². The van der Waals surface area contributed by atoms with E-state index < -0.39 is 0 Å². The molecule has 0 spiro atoms. The average molecular weight is 371 g/mol. The molecule has 26 heavy (non-hydrogen) atoms. The smallest absolute Gasteiger partial charge is 0.255 e. The van der Waals surface area contributed by atoms with Gasteiger partial charge in [-0.2, -0.15) is 0 Å². The first kappa shape index (κ1) is 18.5. The van der Waals surface area contributed by atoms with E-state index in [1.165, 1.54) is 12.8 Å². The predicted octanol–water partition coefficient (Wildman–Crippen LogP) is 4.92. The number of anilines is 1. The Morgan fingerprint density at radius 2 is 1.62 bits per heavy atom. The van der Waals surface area contributed by atoms with Crippen LogP contribution in [0.2, 0.25) is 5.02 Å². The topological polar surface area (TPSA) is 49.4 Å². The van der Waals surface area contributed by atoms with Crippen LogP contribution < -0.4 is 5.32 Å². The van der Waals surface area contributed by atoms with E-state index in [-0.39, 0.29) is 11.8 Å². The molecule has 2 aromatic carbocycles. The third-order valence-electron chi connectivity index (χ3n) is 4.78. The van der Waals surface area contributed by atoms with Crippen LogP contribution in [0, 0.1) is 6.92 Å². The second-order valence-corrected chi connectivity index (χ2v) is 7.06. The van der Waals surface area contributed by atoms with Gasteiger partial charge in [0.1, 0.15) is 0 Å². The van der Waals surface area contributed by atoms with Gasteiger partial charge in [0.2, 0.25) is 0 Å². The molecule has 1 heterocycles. The summed E-state index contributed by atoms with van der Waals surface area (Å²) < 4.78 is 0. The predicted molar refractivity (Wildman–Crippen MR) is 105 cm³/mol. The second kappa shape index (κ2) is 8.37. The SMILES string of the molecule is Cc1c(Cl)cccc1NC(=O)c1cccc(C(=O)N2CCCCCC2)c1. The number of amides is 2. The lowest BCUT2D eigenvalue weighted by molar-refractivity contribution is 0.0761. The molecule has 0 radical (unpaired) electrons. The van der Waals surface area contributed by atoms with Crippen molar-refractivity contribution >= 4 is 29.1 Å². The summed E-state index contributed by atoms with van der Waals surface area (Å²) in [6.45, 7) is 3.44. The normalized spacial score (nSPS) is 14.6. The molecule has 0 aliphatic carbocycles. The zero-order valence-electron chi connectivity index (χ0n) is 14.9. The van der Waals surface area contributed by atoms with Crippen LogP contribution in [0.5, 0.6) is 0 Å². The number of rotatable bonds is 3. The third-order valence-corrected chi connectivity index (χ3v) is 5.19. The minimum absolute atomic E-state index is 0.000450. The van der Waals surface area contributed by atoms with E-state index >= 15 is 0 Å². The summed E-state index contributed by atoms with van der Waals surface area (Å²) in [6, 6.07) is 12.3. The summed E-state index contributed by atoms with van der Waals surface area (Å²) in [6.07, 6.45) is 4.43. The zero-order chi connectivity index (χ0) is 18.5. The van der Waals surface area contributed by atoms with Crippen molar-refractivity contribution in [3.8, 4) is 0 Å². The standard InChI is InChI=1S/C21H23ClN2O2/c1-15-18(22)10-7-11-19(15)23-20(25)16-8-6-9-17(14-16)21(26)24-12-4-2-3-5-13-24/h6-11,14H,2-5,12-13H2,1H3,(H,23,25). The van der Waals surface area contributed by atoms with Crippen molar-refractivity contribution in [3.63, 3.8) is 0 Å². The van der Waals surface area contributed by atoms with Gasteiger partial charge in [-0.1, -0.05) is 36.6 Å². The summed E-state index contributed by atoms with van der Waals surface area (Å²) >= 11 is 6.11. The molecule has 1 N–H and O–H groups in total. The van der Waals surface area contributed by atoms with Crippen molar-refractivity contribution in [3.05, 3.63) is 64.2 Å². The summed E-state index contributed by atoms with van der Waals surface area (Å²) in [5.41, 5.74) is 2.51. The van der Waals surface area contributed by atoms with Crippen LogP contribution in [0.1, 0.15) is 52.0 Å². The van der Waals surface area contributed by atoms with Crippen molar-refractivity contribution in [1.82, 2.24) is 4.90 Å². The number of nitrogens with zero attached hydrogens (tertiary/aromatic N) is 1. The molecule has 2 amide bonds. The van der Waals surface area contributed by atoms with Gasteiger partial charge in [-0.25, -0.2) is 0 Å². The van der Waals surface area contributed by atoms with Crippen LogP contribution in [0.15, 0.2) is 42.5 Å². The number of likely N-dealkylation sites (tertiary alicyclic amines) is 1. The van der Waals surface area contributed by atoms with Gasteiger partial charge >= 0.3 is 0 Å². The third kappa shape index (κ3) is 4.25. The first-order chi connectivity index (χ1) is 12.6. The summed E-state index contributed by atoms with van der Waals surface area (Å²) in [5, 5.41) is 3.48. The molecule has 1 saturated heterocycles. The minimum atomic E-state index is -0.249. The van der Waals surface area contributed by atoms with Crippen LogP contribution in [0.25, 0.3) is 0 Å². The van der Waals surface area contributed by atoms with Gasteiger partial charge in [-0.05, 0) is 55.7 Å². The molecule has 1 fully saturated rings. The van der Waals surface area contributed by atoms with Gasteiger partial charge in [-0.3, -0.25) is 9.59 Å². The number of benzene rings is 2. The molecule has 5 heteroatoms.